The first-order valence-electron chi connectivity index (χ1n) is 7.02. The predicted octanol–water partition coefficient (Wildman–Crippen LogP) is 5.06. The van der Waals surface area contributed by atoms with Crippen LogP contribution in [0.2, 0.25) is 0 Å². The van der Waals surface area contributed by atoms with Crippen LogP contribution in [0.15, 0.2) is 36.4 Å². The van der Waals surface area contributed by atoms with E-state index in [-0.39, 0.29) is 13.2 Å². The lowest BCUT2D eigenvalue weighted by Crippen LogP contribution is -1.93. The average molecular weight is 303 g/mol. The van der Waals surface area contributed by atoms with Gasteiger partial charge in [0, 0.05) is 5.69 Å². The van der Waals surface area contributed by atoms with E-state index < -0.39 is 0 Å². The highest BCUT2D eigenvalue weighted by molar-refractivity contribution is 5.78. The summed E-state index contributed by atoms with van der Waals surface area (Å²) in [5.74, 6) is 0.0347. The lowest BCUT2D eigenvalue weighted by atomic mass is 10.1. The zero-order chi connectivity index (χ0) is 16.4. The van der Waals surface area contributed by atoms with Crippen LogP contribution in [0.5, 0.6) is 5.75 Å². The molecule has 0 aliphatic rings. The number of nitrogen functional groups attached to an aromatic ring is 1. The number of nitrogens with two attached hydrogens (primary N) is 1. The molecule has 0 bridgehead atoms. The number of aryl methyl sites for hydroxylation is 3. The van der Waals surface area contributed by atoms with Crippen molar-refractivity contribution < 1.29 is 9.90 Å². The van der Waals surface area contributed by atoms with Gasteiger partial charge in [-0.05, 0) is 44.0 Å². The van der Waals surface area contributed by atoms with Crippen molar-refractivity contribution in [2.45, 2.75) is 42.0 Å². The maximum Gasteiger partial charge on any atom is 0.153 e. The lowest BCUT2D eigenvalue weighted by molar-refractivity contribution is 0.112. The molecule has 0 heterocycles. The molecule has 3 N–H and O–H groups in total. The summed E-state index contributed by atoms with van der Waals surface area (Å²) in [6.45, 7) is 10.2. The van der Waals surface area contributed by atoms with Crippen LogP contribution < -0.4 is 5.73 Å². The molecule has 0 aromatic heterocycles. The molecule has 0 atom stereocenters. The number of carbonyl (C=O) groups excluding carboxylic acids is 1. The number of hydrogen-bond donors (Lipinski definition) is 2. The molecule has 2 rings (SSSR count). The van der Waals surface area contributed by atoms with Gasteiger partial charge in [0.05, 0.1) is 5.56 Å². The van der Waals surface area contributed by atoms with Crippen LogP contribution in [0.1, 0.15) is 48.3 Å². The first-order chi connectivity index (χ1) is 9.95. The molecule has 0 spiro atoms. The van der Waals surface area contributed by atoms with Gasteiger partial charge in [-0.1, -0.05) is 51.1 Å². The molecule has 3 heteroatoms. The fraction of sp³-hybridized carbons (Fsp3) is 0.316. The Morgan fingerprint density at radius 1 is 1.00 bits per heavy atom. The van der Waals surface area contributed by atoms with Crippen LogP contribution in [0.3, 0.4) is 0 Å². The summed E-state index contributed by atoms with van der Waals surface area (Å²) in [7, 11) is 0. The van der Waals surface area contributed by atoms with Crippen LogP contribution in [-0.4, -0.2) is 11.4 Å². The second-order valence-electron chi connectivity index (χ2n) is 4.49. The van der Waals surface area contributed by atoms with Crippen molar-refractivity contribution in [1.29, 1.82) is 0 Å². The first kappa shape index (κ1) is 22.0. The maximum atomic E-state index is 10.1. The van der Waals surface area contributed by atoms with Gasteiger partial charge >= 0.3 is 0 Å². The molecule has 0 aliphatic heterocycles. The molecule has 2 aromatic rings. The smallest absolute Gasteiger partial charge is 0.153 e. The highest BCUT2D eigenvalue weighted by atomic mass is 16.3. The number of benzene rings is 2. The molecule has 0 saturated heterocycles. The van der Waals surface area contributed by atoms with Crippen LogP contribution >= 0.6 is 0 Å². The zero-order valence-electron chi connectivity index (χ0n) is 13.5. The van der Waals surface area contributed by atoms with E-state index in [9.17, 15) is 4.79 Å². The standard InChI is InChI=1S/C9H13N.C7H6O2.C2H6.CH4/c1-6-4-7(2)9(10)8(3)5-6;8-5-6-3-1-2-4-7(6)9;1-2;/h4-5H,10H2,1-3H3;1-5,9H;1-2H3;1H4. The van der Waals surface area contributed by atoms with Crippen molar-refractivity contribution in [2.24, 2.45) is 0 Å². The minimum atomic E-state index is 0. The molecule has 22 heavy (non-hydrogen) atoms. The van der Waals surface area contributed by atoms with Crippen molar-refractivity contribution in [3.63, 3.8) is 0 Å². The Bertz CT molecular complexity index is 554. The summed E-state index contributed by atoms with van der Waals surface area (Å²) >= 11 is 0. The Kier molecular flexibility index (Phi) is 11.4. The highest BCUT2D eigenvalue weighted by Gasteiger charge is 1.96. The number of phenols is 1. The Morgan fingerprint density at radius 2 is 1.45 bits per heavy atom. The van der Waals surface area contributed by atoms with Crippen molar-refractivity contribution >= 4 is 12.0 Å². The Hall–Kier alpha value is -2.29. The van der Waals surface area contributed by atoms with Gasteiger partial charge in [0.25, 0.3) is 0 Å². The van der Waals surface area contributed by atoms with E-state index in [4.69, 9.17) is 10.8 Å². The summed E-state index contributed by atoms with van der Waals surface area (Å²) in [4.78, 5) is 10.1. The number of para-hydroxylation sites is 1. The second-order valence-corrected chi connectivity index (χ2v) is 4.49. The molecule has 0 unspecified atom stereocenters. The number of carbonyl (C=O) groups is 1. The van der Waals surface area contributed by atoms with E-state index in [0.717, 1.165) is 5.69 Å². The number of aromatic hydroxyl groups is 1. The third kappa shape index (κ3) is 6.93. The van der Waals surface area contributed by atoms with Crippen molar-refractivity contribution in [2.75, 3.05) is 5.73 Å². The van der Waals surface area contributed by atoms with Gasteiger partial charge in [0.2, 0.25) is 0 Å². The Morgan fingerprint density at radius 3 is 1.82 bits per heavy atom. The van der Waals surface area contributed by atoms with Crippen LogP contribution in [0, 0.1) is 20.8 Å². The number of anilines is 1. The molecule has 0 fully saturated rings. The molecule has 0 amide bonds. The second kappa shape index (κ2) is 11.4. The van der Waals surface area contributed by atoms with Gasteiger partial charge in [-0.2, -0.15) is 0 Å². The molecule has 0 aliphatic carbocycles. The van der Waals surface area contributed by atoms with E-state index in [1.807, 2.05) is 27.7 Å². The van der Waals surface area contributed by atoms with Crippen LogP contribution in [-0.2, 0) is 0 Å². The fourth-order valence-corrected chi connectivity index (χ4v) is 1.78. The summed E-state index contributed by atoms with van der Waals surface area (Å²) in [6, 6.07) is 10.6. The number of rotatable bonds is 1. The maximum absolute atomic E-state index is 10.1. The van der Waals surface area contributed by atoms with E-state index in [1.165, 1.54) is 22.8 Å². The highest BCUT2D eigenvalue weighted by Crippen LogP contribution is 2.17. The van der Waals surface area contributed by atoms with Crippen LogP contribution in [0.25, 0.3) is 0 Å². The minimum Gasteiger partial charge on any atom is -0.507 e. The molecular formula is C19H29NO2. The monoisotopic (exact) mass is 303 g/mol. The summed E-state index contributed by atoms with van der Waals surface area (Å²) in [6.07, 6.45) is 0.620. The largest absolute Gasteiger partial charge is 0.507 e. The van der Waals surface area contributed by atoms with Gasteiger partial charge < -0.3 is 10.8 Å². The Labute approximate surface area is 134 Å². The van der Waals surface area contributed by atoms with Gasteiger partial charge in [-0.15, -0.1) is 0 Å². The van der Waals surface area contributed by atoms with Crippen molar-refractivity contribution in [3.8, 4) is 5.75 Å². The number of phenolic OH excluding ortho intramolecular Hbond substituents is 1. The SMILES string of the molecule is C.CC.Cc1cc(C)c(N)c(C)c1.O=Cc1ccccc1O. The van der Waals surface area contributed by atoms with Gasteiger partial charge in [-0.25, -0.2) is 0 Å². The van der Waals surface area contributed by atoms with Crippen LogP contribution in [0.4, 0.5) is 5.69 Å². The third-order valence-electron chi connectivity index (χ3n) is 2.80. The molecule has 3 nitrogen and oxygen atoms in total. The third-order valence-corrected chi connectivity index (χ3v) is 2.80. The lowest BCUT2D eigenvalue weighted by Gasteiger charge is -2.04. The quantitative estimate of drug-likeness (QED) is 0.571. The minimum absolute atomic E-state index is 0. The molecule has 0 radical (unpaired) electrons. The summed E-state index contributed by atoms with van der Waals surface area (Å²) in [5.41, 5.74) is 10.6. The Balaban J connectivity index is 0. The zero-order valence-corrected chi connectivity index (χ0v) is 13.5. The normalized spacial score (nSPS) is 8.41. The van der Waals surface area contributed by atoms with Gasteiger partial charge in [0.15, 0.2) is 6.29 Å². The van der Waals surface area contributed by atoms with Crippen molar-refractivity contribution in [3.05, 3.63) is 58.7 Å². The molecule has 122 valence electrons. The van der Waals surface area contributed by atoms with Crippen molar-refractivity contribution in [1.82, 2.24) is 0 Å². The number of aldehydes is 1. The first-order valence-corrected chi connectivity index (χ1v) is 7.02. The number of hydrogen-bond acceptors (Lipinski definition) is 3. The van der Waals surface area contributed by atoms with Gasteiger partial charge in [0.1, 0.15) is 5.75 Å². The molecular weight excluding hydrogens is 274 g/mol. The van der Waals surface area contributed by atoms with E-state index in [2.05, 4.69) is 19.1 Å². The molecule has 0 saturated carbocycles. The topological polar surface area (TPSA) is 63.3 Å². The average Bonchev–Trinajstić information content (AvgIpc) is 2.48. The summed E-state index contributed by atoms with van der Waals surface area (Å²) < 4.78 is 0. The van der Waals surface area contributed by atoms with E-state index in [1.54, 1.807) is 18.2 Å². The predicted molar refractivity (Wildman–Crippen MR) is 96.6 cm³/mol. The fourth-order valence-electron chi connectivity index (χ4n) is 1.78. The molecule has 2 aromatic carbocycles. The van der Waals surface area contributed by atoms with Gasteiger partial charge in [-0.3, -0.25) is 4.79 Å². The van der Waals surface area contributed by atoms with E-state index in [0.29, 0.717) is 11.8 Å². The van der Waals surface area contributed by atoms with E-state index >= 15 is 0 Å². The summed E-state index contributed by atoms with van der Waals surface area (Å²) in [5, 5.41) is 8.88.